The Morgan fingerprint density at radius 3 is 2.50 bits per heavy atom. The number of carboxylic acids is 1. The van der Waals surface area contributed by atoms with Crippen LogP contribution in [-0.2, 0) is 20.8 Å². The summed E-state index contributed by atoms with van der Waals surface area (Å²) in [6, 6.07) is 7.13. The first-order valence-electron chi connectivity index (χ1n) is 7.38. The number of carbonyl (C=O) groups is 3. The molecule has 0 unspecified atom stereocenters. The molecule has 0 aliphatic carbocycles. The Hall–Kier alpha value is -2.37. The van der Waals surface area contributed by atoms with Gasteiger partial charge in [0.15, 0.2) is 0 Å². The molecule has 0 spiro atoms. The Labute approximate surface area is 129 Å². The zero-order valence-corrected chi connectivity index (χ0v) is 12.7. The molecule has 0 heterocycles. The van der Waals surface area contributed by atoms with Crippen LogP contribution in [0.4, 0.5) is 5.69 Å². The molecule has 0 bridgehead atoms. The fourth-order valence-electron chi connectivity index (χ4n) is 1.97. The van der Waals surface area contributed by atoms with Gasteiger partial charge in [0, 0.05) is 31.5 Å². The molecule has 2 amide bonds. The normalized spacial score (nSPS) is 10.0. The van der Waals surface area contributed by atoms with Gasteiger partial charge in [0.2, 0.25) is 11.8 Å². The van der Waals surface area contributed by atoms with Crippen molar-refractivity contribution in [2.24, 2.45) is 0 Å². The van der Waals surface area contributed by atoms with E-state index in [1.807, 2.05) is 13.0 Å². The predicted molar refractivity (Wildman–Crippen MR) is 83.6 cm³/mol. The fourth-order valence-corrected chi connectivity index (χ4v) is 1.97. The Morgan fingerprint density at radius 1 is 1.09 bits per heavy atom. The monoisotopic (exact) mass is 306 g/mol. The molecule has 0 atom stereocenters. The van der Waals surface area contributed by atoms with Gasteiger partial charge in [-0.2, -0.15) is 0 Å². The van der Waals surface area contributed by atoms with Crippen LogP contribution in [0.3, 0.4) is 0 Å². The van der Waals surface area contributed by atoms with E-state index in [-0.39, 0.29) is 24.7 Å². The van der Waals surface area contributed by atoms with Crippen LogP contribution in [0.2, 0.25) is 0 Å². The third-order valence-electron chi connectivity index (χ3n) is 3.02. The number of hydrogen-bond acceptors (Lipinski definition) is 3. The largest absolute Gasteiger partial charge is 0.481 e. The van der Waals surface area contributed by atoms with Gasteiger partial charge in [0.1, 0.15) is 0 Å². The molecule has 6 heteroatoms. The van der Waals surface area contributed by atoms with Gasteiger partial charge in [-0.1, -0.05) is 12.1 Å². The fraction of sp³-hybridized carbons (Fsp3) is 0.438. The topological polar surface area (TPSA) is 95.5 Å². The minimum Gasteiger partial charge on any atom is -0.481 e. The highest BCUT2D eigenvalue weighted by atomic mass is 16.4. The Kier molecular flexibility index (Phi) is 7.67. The zero-order chi connectivity index (χ0) is 16.4. The molecule has 0 saturated carbocycles. The summed E-state index contributed by atoms with van der Waals surface area (Å²) in [6.45, 7) is 2.44. The standard InChI is InChI=1S/C16H22N2O4/c1-2-17-14(19)7-4-8-15(20)18-13-6-3-5-12(11-13)9-10-16(21)22/h3,5-6,11H,2,4,7-10H2,1H3,(H,17,19)(H,18,20)(H,21,22). The summed E-state index contributed by atoms with van der Waals surface area (Å²) in [5.74, 6) is -1.05. The summed E-state index contributed by atoms with van der Waals surface area (Å²) in [4.78, 5) is 33.6. The first-order valence-corrected chi connectivity index (χ1v) is 7.38. The van der Waals surface area contributed by atoms with Crippen LogP contribution in [0, 0.1) is 0 Å². The van der Waals surface area contributed by atoms with E-state index in [2.05, 4.69) is 10.6 Å². The molecule has 0 fully saturated rings. The Balaban J connectivity index is 2.39. The van der Waals surface area contributed by atoms with Crippen molar-refractivity contribution in [3.63, 3.8) is 0 Å². The Bertz CT molecular complexity index is 529. The van der Waals surface area contributed by atoms with Gasteiger partial charge in [-0.3, -0.25) is 14.4 Å². The van der Waals surface area contributed by atoms with E-state index in [1.165, 1.54) is 0 Å². The average molecular weight is 306 g/mol. The van der Waals surface area contributed by atoms with E-state index < -0.39 is 5.97 Å². The molecule has 1 aromatic rings. The molecule has 0 radical (unpaired) electrons. The maximum absolute atomic E-state index is 11.8. The number of aliphatic carboxylic acids is 1. The lowest BCUT2D eigenvalue weighted by Gasteiger charge is -2.07. The Morgan fingerprint density at radius 2 is 1.82 bits per heavy atom. The maximum atomic E-state index is 11.8. The number of aryl methyl sites for hydroxylation is 1. The number of anilines is 1. The number of benzene rings is 1. The molecular weight excluding hydrogens is 284 g/mol. The van der Waals surface area contributed by atoms with Crippen molar-refractivity contribution >= 4 is 23.5 Å². The lowest BCUT2D eigenvalue weighted by Crippen LogP contribution is -2.22. The van der Waals surface area contributed by atoms with E-state index >= 15 is 0 Å². The molecule has 0 saturated heterocycles. The second kappa shape index (κ2) is 9.55. The van der Waals surface area contributed by atoms with Gasteiger partial charge < -0.3 is 15.7 Å². The number of carboxylic acid groups (broad SMARTS) is 1. The number of nitrogens with one attached hydrogen (secondary N) is 2. The van der Waals surface area contributed by atoms with Gasteiger partial charge in [-0.05, 0) is 37.5 Å². The van der Waals surface area contributed by atoms with Gasteiger partial charge in [0.05, 0.1) is 0 Å². The van der Waals surface area contributed by atoms with Crippen LogP contribution in [0.1, 0.15) is 38.2 Å². The second-order valence-electron chi connectivity index (χ2n) is 4.95. The van der Waals surface area contributed by atoms with E-state index in [0.717, 1.165) is 5.56 Å². The molecule has 6 nitrogen and oxygen atoms in total. The number of rotatable bonds is 9. The van der Waals surface area contributed by atoms with E-state index in [1.54, 1.807) is 18.2 Å². The zero-order valence-electron chi connectivity index (χ0n) is 12.7. The van der Waals surface area contributed by atoms with Crippen molar-refractivity contribution in [3.8, 4) is 0 Å². The first kappa shape index (κ1) is 17.7. The lowest BCUT2D eigenvalue weighted by atomic mass is 10.1. The van der Waals surface area contributed by atoms with E-state index in [4.69, 9.17) is 5.11 Å². The number of amides is 2. The molecule has 3 N–H and O–H groups in total. The number of hydrogen-bond donors (Lipinski definition) is 3. The molecule has 0 aromatic heterocycles. The molecule has 22 heavy (non-hydrogen) atoms. The van der Waals surface area contributed by atoms with Gasteiger partial charge in [0.25, 0.3) is 0 Å². The van der Waals surface area contributed by atoms with Gasteiger partial charge in [-0.25, -0.2) is 0 Å². The highest BCUT2D eigenvalue weighted by molar-refractivity contribution is 5.91. The molecule has 1 aromatic carbocycles. The summed E-state index contributed by atoms with van der Waals surface area (Å²) >= 11 is 0. The van der Waals surface area contributed by atoms with Crippen molar-refractivity contribution in [1.82, 2.24) is 5.32 Å². The second-order valence-corrected chi connectivity index (χ2v) is 4.95. The molecule has 0 aliphatic heterocycles. The van der Waals surface area contributed by atoms with E-state index in [9.17, 15) is 14.4 Å². The smallest absolute Gasteiger partial charge is 0.303 e. The van der Waals surface area contributed by atoms with Gasteiger partial charge >= 0.3 is 5.97 Å². The predicted octanol–water partition coefficient (Wildman–Crippen LogP) is 1.95. The number of carbonyl (C=O) groups excluding carboxylic acids is 2. The van der Waals surface area contributed by atoms with Crippen LogP contribution in [0.15, 0.2) is 24.3 Å². The average Bonchev–Trinajstić information content (AvgIpc) is 2.46. The highest BCUT2D eigenvalue weighted by Crippen LogP contribution is 2.13. The summed E-state index contributed by atoms with van der Waals surface area (Å²) in [5, 5.41) is 14.1. The maximum Gasteiger partial charge on any atom is 0.303 e. The van der Waals surface area contributed by atoms with Crippen molar-refractivity contribution in [1.29, 1.82) is 0 Å². The van der Waals surface area contributed by atoms with Crippen molar-refractivity contribution in [2.45, 2.75) is 39.0 Å². The van der Waals surface area contributed by atoms with Crippen LogP contribution in [-0.4, -0.2) is 29.4 Å². The summed E-state index contributed by atoms with van der Waals surface area (Å²) < 4.78 is 0. The third kappa shape index (κ3) is 7.42. The van der Waals surface area contributed by atoms with Crippen LogP contribution >= 0.6 is 0 Å². The molecule has 0 aliphatic rings. The lowest BCUT2D eigenvalue weighted by molar-refractivity contribution is -0.137. The summed E-state index contributed by atoms with van der Waals surface area (Å²) in [6.07, 6.45) is 1.59. The van der Waals surface area contributed by atoms with E-state index in [0.29, 0.717) is 31.5 Å². The molecule has 120 valence electrons. The summed E-state index contributed by atoms with van der Waals surface area (Å²) in [5.41, 5.74) is 1.51. The van der Waals surface area contributed by atoms with Crippen molar-refractivity contribution in [3.05, 3.63) is 29.8 Å². The summed E-state index contributed by atoms with van der Waals surface area (Å²) in [7, 11) is 0. The highest BCUT2D eigenvalue weighted by Gasteiger charge is 2.06. The minimum absolute atomic E-state index is 0.0500. The SMILES string of the molecule is CCNC(=O)CCCC(=O)Nc1cccc(CCC(=O)O)c1. The van der Waals surface area contributed by atoms with Crippen LogP contribution in [0.25, 0.3) is 0 Å². The quantitative estimate of drug-likeness (QED) is 0.650. The van der Waals surface area contributed by atoms with Crippen LogP contribution < -0.4 is 10.6 Å². The minimum atomic E-state index is -0.847. The third-order valence-corrected chi connectivity index (χ3v) is 3.02. The first-order chi connectivity index (χ1) is 10.5. The van der Waals surface area contributed by atoms with Crippen LogP contribution in [0.5, 0.6) is 0 Å². The van der Waals surface area contributed by atoms with Gasteiger partial charge in [-0.15, -0.1) is 0 Å². The van der Waals surface area contributed by atoms with Crippen molar-refractivity contribution < 1.29 is 19.5 Å². The molecule has 1 rings (SSSR count). The molecular formula is C16H22N2O4. The van der Waals surface area contributed by atoms with Crippen molar-refractivity contribution in [2.75, 3.05) is 11.9 Å².